The van der Waals surface area contributed by atoms with Crippen molar-refractivity contribution >= 4 is 5.95 Å². The van der Waals surface area contributed by atoms with Crippen molar-refractivity contribution in [3.63, 3.8) is 0 Å². The lowest BCUT2D eigenvalue weighted by molar-refractivity contribution is 0.298. The van der Waals surface area contributed by atoms with Crippen LogP contribution in [-0.2, 0) is 0 Å². The van der Waals surface area contributed by atoms with E-state index < -0.39 is 0 Å². The Kier molecular flexibility index (Phi) is 4.30. The first-order chi connectivity index (χ1) is 7.19. The monoisotopic (exact) mass is 211 g/mol. The number of aliphatic hydroxyl groups is 1. The lowest BCUT2D eigenvalue weighted by Gasteiger charge is -2.25. The molecule has 0 aliphatic heterocycles. The molecule has 5 heteroatoms. The second-order valence-corrected chi connectivity index (χ2v) is 3.41. The van der Waals surface area contributed by atoms with E-state index in [1.165, 1.54) is 0 Å². The molecule has 1 N–H and O–H groups in total. The minimum atomic E-state index is 0.0821. The third-order valence-corrected chi connectivity index (χ3v) is 2.05. The molecule has 0 amide bonds. The van der Waals surface area contributed by atoms with Crippen LogP contribution in [-0.4, -0.2) is 41.4 Å². The fourth-order valence-electron chi connectivity index (χ4n) is 1.28. The first-order valence-corrected chi connectivity index (χ1v) is 4.93. The molecule has 0 radical (unpaired) electrons. The first kappa shape index (κ1) is 11.7. The van der Waals surface area contributed by atoms with Gasteiger partial charge in [0.05, 0.1) is 13.7 Å². The molecular formula is C10H17N3O2. The third-order valence-electron chi connectivity index (χ3n) is 2.05. The molecule has 1 aromatic rings. The number of hydrogen-bond acceptors (Lipinski definition) is 5. The van der Waals surface area contributed by atoms with Crippen LogP contribution in [0, 0.1) is 0 Å². The van der Waals surface area contributed by atoms with E-state index >= 15 is 0 Å². The highest BCUT2D eigenvalue weighted by Gasteiger charge is 2.13. The number of aliphatic hydroxyl groups excluding tert-OH is 1. The molecule has 1 rings (SSSR count). The molecule has 0 saturated heterocycles. The molecule has 0 bridgehead atoms. The summed E-state index contributed by atoms with van der Waals surface area (Å²) in [5.41, 5.74) is 0. The molecule has 0 atom stereocenters. The summed E-state index contributed by atoms with van der Waals surface area (Å²) >= 11 is 0. The van der Waals surface area contributed by atoms with Crippen LogP contribution in [0.4, 0.5) is 5.95 Å². The quantitative estimate of drug-likeness (QED) is 0.776. The molecular weight excluding hydrogens is 194 g/mol. The second-order valence-electron chi connectivity index (χ2n) is 3.41. The van der Waals surface area contributed by atoms with Crippen LogP contribution in [0.5, 0.6) is 5.88 Å². The van der Waals surface area contributed by atoms with E-state index in [0.29, 0.717) is 18.4 Å². The number of nitrogens with zero attached hydrogens (tertiary/aromatic N) is 3. The summed E-state index contributed by atoms with van der Waals surface area (Å²) in [6, 6.07) is 1.94. The highest BCUT2D eigenvalue weighted by atomic mass is 16.5. The number of aromatic nitrogens is 2. The average Bonchev–Trinajstić information content (AvgIpc) is 2.25. The number of ether oxygens (including phenoxy) is 1. The SMILES string of the molecule is COc1ccnc(N(CCO)C(C)C)n1. The Morgan fingerprint density at radius 1 is 1.53 bits per heavy atom. The van der Waals surface area contributed by atoms with Crippen LogP contribution in [0.15, 0.2) is 12.3 Å². The number of anilines is 1. The van der Waals surface area contributed by atoms with E-state index in [1.54, 1.807) is 19.4 Å². The van der Waals surface area contributed by atoms with Crippen molar-refractivity contribution in [2.45, 2.75) is 19.9 Å². The van der Waals surface area contributed by atoms with Gasteiger partial charge in [-0.15, -0.1) is 0 Å². The van der Waals surface area contributed by atoms with Gasteiger partial charge in [-0.1, -0.05) is 0 Å². The smallest absolute Gasteiger partial charge is 0.228 e. The highest BCUT2D eigenvalue weighted by molar-refractivity contribution is 5.32. The molecule has 15 heavy (non-hydrogen) atoms. The zero-order valence-corrected chi connectivity index (χ0v) is 9.34. The zero-order chi connectivity index (χ0) is 11.3. The van der Waals surface area contributed by atoms with Gasteiger partial charge in [-0.2, -0.15) is 4.98 Å². The van der Waals surface area contributed by atoms with Gasteiger partial charge in [0.1, 0.15) is 0 Å². The van der Waals surface area contributed by atoms with Crippen LogP contribution in [0.3, 0.4) is 0 Å². The van der Waals surface area contributed by atoms with Gasteiger partial charge in [0.15, 0.2) is 0 Å². The molecule has 0 saturated carbocycles. The molecule has 0 aliphatic rings. The predicted octanol–water partition coefficient (Wildman–Crippen LogP) is 0.692. The van der Waals surface area contributed by atoms with Crippen molar-refractivity contribution in [2.24, 2.45) is 0 Å². The molecule has 0 unspecified atom stereocenters. The van der Waals surface area contributed by atoms with E-state index in [1.807, 2.05) is 18.7 Å². The number of methoxy groups -OCH3 is 1. The summed E-state index contributed by atoms with van der Waals surface area (Å²) in [5.74, 6) is 1.11. The van der Waals surface area contributed by atoms with E-state index in [-0.39, 0.29) is 12.6 Å². The Labute approximate surface area is 89.7 Å². The molecule has 0 fully saturated rings. The van der Waals surface area contributed by atoms with Crippen LogP contribution < -0.4 is 9.64 Å². The minimum absolute atomic E-state index is 0.0821. The van der Waals surface area contributed by atoms with Gasteiger partial charge >= 0.3 is 0 Å². The summed E-state index contributed by atoms with van der Waals surface area (Å²) in [4.78, 5) is 10.3. The van der Waals surface area contributed by atoms with E-state index in [9.17, 15) is 0 Å². The molecule has 1 heterocycles. The van der Waals surface area contributed by atoms with Gasteiger partial charge in [0.2, 0.25) is 11.8 Å². The first-order valence-electron chi connectivity index (χ1n) is 4.93. The Morgan fingerprint density at radius 2 is 2.27 bits per heavy atom. The van der Waals surface area contributed by atoms with Gasteiger partial charge in [-0.25, -0.2) is 4.98 Å². The maximum absolute atomic E-state index is 8.94. The maximum Gasteiger partial charge on any atom is 0.228 e. The summed E-state index contributed by atoms with van der Waals surface area (Å²) in [7, 11) is 1.57. The number of rotatable bonds is 5. The maximum atomic E-state index is 8.94. The standard InChI is InChI=1S/C10H17N3O2/c1-8(2)13(6-7-14)10-11-5-4-9(12-10)15-3/h4-5,8,14H,6-7H2,1-3H3. The van der Waals surface area contributed by atoms with E-state index in [2.05, 4.69) is 9.97 Å². The minimum Gasteiger partial charge on any atom is -0.481 e. The van der Waals surface area contributed by atoms with E-state index in [0.717, 1.165) is 0 Å². The Hall–Kier alpha value is -1.36. The summed E-state index contributed by atoms with van der Waals surface area (Å²) in [5, 5.41) is 8.94. The van der Waals surface area contributed by atoms with Crippen LogP contribution in [0.1, 0.15) is 13.8 Å². The summed E-state index contributed by atoms with van der Waals surface area (Å²) < 4.78 is 5.02. The molecule has 84 valence electrons. The lowest BCUT2D eigenvalue weighted by Crippen LogP contribution is -2.34. The molecule has 0 aromatic carbocycles. The fraction of sp³-hybridized carbons (Fsp3) is 0.600. The zero-order valence-electron chi connectivity index (χ0n) is 9.34. The van der Waals surface area contributed by atoms with Crippen molar-refractivity contribution in [3.8, 4) is 5.88 Å². The Balaban J connectivity index is 2.89. The van der Waals surface area contributed by atoms with Gasteiger partial charge in [0, 0.05) is 24.8 Å². The normalized spacial score (nSPS) is 10.5. The predicted molar refractivity (Wildman–Crippen MR) is 58.2 cm³/mol. The summed E-state index contributed by atoms with van der Waals surface area (Å²) in [6.45, 7) is 4.65. The molecule has 5 nitrogen and oxygen atoms in total. The van der Waals surface area contributed by atoms with Gasteiger partial charge in [-0.05, 0) is 13.8 Å². The Morgan fingerprint density at radius 3 is 2.80 bits per heavy atom. The van der Waals surface area contributed by atoms with Crippen LogP contribution in [0.25, 0.3) is 0 Å². The largest absolute Gasteiger partial charge is 0.481 e. The lowest BCUT2D eigenvalue weighted by atomic mass is 10.3. The molecule has 0 aliphatic carbocycles. The average molecular weight is 211 g/mol. The Bertz CT molecular complexity index is 304. The van der Waals surface area contributed by atoms with Gasteiger partial charge in [0.25, 0.3) is 0 Å². The molecule has 1 aromatic heterocycles. The third kappa shape index (κ3) is 3.06. The van der Waals surface area contributed by atoms with Crippen molar-refractivity contribution < 1.29 is 9.84 Å². The highest BCUT2D eigenvalue weighted by Crippen LogP contribution is 2.14. The van der Waals surface area contributed by atoms with Crippen LogP contribution >= 0.6 is 0 Å². The van der Waals surface area contributed by atoms with E-state index in [4.69, 9.17) is 9.84 Å². The topological polar surface area (TPSA) is 58.5 Å². The van der Waals surface area contributed by atoms with Crippen molar-refractivity contribution in [2.75, 3.05) is 25.2 Å². The molecule has 0 spiro atoms. The van der Waals surface area contributed by atoms with Gasteiger partial charge < -0.3 is 14.7 Å². The van der Waals surface area contributed by atoms with Crippen molar-refractivity contribution in [1.82, 2.24) is 9.97 Å². The summed E-state index contributed by atoms with van der Waals surface area (Å²) in [6.07, 6.45) is 1.65. The van der Waals surface area contributed by atoms with Gasteiger partial charge in [-0.3, -0.25) is 0 Å². The van der Waals surface area contributed by atoms with Crippen LogP contribution in [0.2, 0.25) is 0 Å². The number of hydrogen-bond donors (Lipinski definition) is 1. The second kappa shape index (κ2) is 5.50. The fourth-order valence-corrected chi connectivity index (χ4v) is 1.28. The van der Waals surface area contributed by atoms with Crippen molar-refractivity contribution in [1.29, 1.82) is 0 Å². The van der Waals surface area contributed by atoms with Crippen molar-refractivity contribution in [3.05, 3.63) is 12.3 Å².